The minimum Gasteiger partial charge on any atom is -0.493 e. The largest absolute Gasteiger partial charge is 0.493 e. The summed E-state index contributed by atoms with van der Waals surface area (Å²) >= 11 is 5.31. The summed E-state index contributed by atoms with van der Waals surface area (Å²) in [5.74, 6) is 1.85. The molecule has 4 rings (SSSR count). The Morgan fingerprint density at radius 3 is 2.32 bits per heavy atom. The Labute approximate surface area is 221 Å². The van der Waals surface area contributed by atoms with Crippen LogP contribution < -0.4 is 24.4 Å². The van der Waals surface area contributed by atoms with Crippen LogP contribution in [0, 0.1) is 5.92 Å². The molecule has 1 aliphatic heterocycles. The Hall–Kier alpha value is -4.17. The highest BCUT2D eigenvalue weighted by atomic mass is 32.1. The molecule has 0 radical (unpaired) electrons. The fourth-order valence-electron chi connectivity index (χ4n) is 3.64. The molecule has 7 nitrogen and oxygen atoms in total. The maximum atomic E-state index is 13.4. The van der Waals surface area contributed by atoms with E-state index in [1.54, 1.807) is 49.6 Å². The van der Waals surface area contributed by atoms with Gasteiger partial charge in [-0.05, 0) is 84.7 Å². The van der Waals surface area contributed by atoms with Crippen molar-refractivity contribution in [3.8, 4) is 23.0 Å². The topological polar surface area (TPSA) is 77.1 Å². The van der Waals surface area contributed by atoms with Gasteiger partial charge in [0.25, 0.3) is 11.8 Å². The fourth-order valence-corrected chi connectivity index (χ4v) is 3.93. The fraction of sp³-hybridized carbons (Fsp3) is 0.207. The number of carbonyl (C=O) groups excluding carboxylic acids is 2. The third kappa shape index (κ3) is 6.34. The number of hydrogen-bond acceptors (Lipinski definition) is 6. The number of hydrogen-bond donors (Lipinski definition) is 1. The number of carbonyl (C=O) groups is 2. The predicted molar refractivity (Wildman–Crippen MR) is 147 cm³/mol. The first kappa shape index (κ1) is 25.9. The predicted octanol–water partition coefficient (Wildman–Crippen LogP) is 5.74. The van der Waals surface area contributed by atoms with Gasteiger partial charge in [-0.3, -0.25) is 19.8 Å². The van der Waals surface area contributed by atoms with Crippen molar-refractivity contribution in [3.63, 3.8) is 0 Å². The second-order valence-electron chi connectivity index (χ2n) is 8.81. The lowest BCUT2D eigenvalue weighted by molar-refractivity contribution is -0.122. The van der Waals surface area contributed by atoms with E-state index < -0.39 is 11.8 Å². The van der Waals surface area contributed by atoms with E-state index in [2.05, 4.69) is 19.2 Å². The van der Waals surface area contributed by atoms with Crippen molar-refractivity contribution in [1.82, 2.24) is 5.32 Å². The van der Waals surface area contributed by atoms with Gasteiger partial charge >= 0.3 is 0 Å². The third-order valence-electron chi connectivity index (χ3n) is 5.63. The highest BCUT2D eigenvalue weighted by molar-refractivity contribution is 7.80. The Morgan fingerprint density at radius 2 is 1.65 bits per heavy atom. The van der Waals surface area contributed by atoms with Gasteiger partial charge in [0.05, 0.1) is 19.4 Å². The molecule has 1 N–H and O–H groups in total. The molecule has 190 valence electrons. The van der Waals surface area contributed by atoms with Crippen LogP contribution in [-0.2, 0) is 9.59 Å². The van der Waals surface area contributed by atoms with Crippen molar-refractivity contribution >= 4 is 40.9 Å². The number of methoxy groups -OCH3 is 1. The van der Waals surface area contributed by atoms with Gasteiger partial charge in [0, 0.05) is 0 Å². The Bertz CT molecular complexity index is 1320. The summed E-state index contributed by atoms with van der Waals surface area (Å²) in [4.78, 5) is 27.4. The lowest BCUT2D eigenvalue weighted by Gasteiger charge is -2.29. The summed E-state index contributed by atoms with van der Waals surface area (Å²) in [5, 5.41) is 2.61. The van der Waals surface area contributed by atoms with Crippen molar-refractivity contribution in [2.24, 2.45) is 5.92 Å². The third-order valence-corrected chi connectivity index (χ3v) is 5.91. The minimum atomic E-state index is -0.563. The molecule has 1 fully saturated rings. The summed E-state index contributed by atoms with van der Waals surface area (Å²) in [6, 6.07) is 21.5. The van der Waals surface area contributed by atoms with Crippen molar-refractivity contribution in [3.05, 3.63) is 83.9 Å². The molecular weight excluding hydrogens is 488 g/mol. The van der Waals surface area contributed by atoms with Crippen LogP contribution in [-0.4, -0.2) is 30.6 Å². The molecule has 0 unspecified atom stereocenters. The SMILES string of the molecule is COc1cc(C=C2C(=O)NC(=S)N(c3ccc(Oc4ccccc4)cc3)C2=O)ccc1OCCC(C)C. The van der Waals surface area contributed by atoms with Crippen LogP contribution in [0.4, 0.5) is 5.69 Å². The maximum Gasteiger partial charge on any atom is 0.270 e. The number of thiocarbonyl (C=S) groups is 1. The van der Waals surface area contributed by atoms with E-state index >= 15 is 0 Å². The summed E-state index contributed by atoms with van der Waals surface area (Å²) in [6.45, 7) is 4.82. The lowest BCUT2D eigenvalue weighted by atomic mass is 10.1. The Kier molecular flexibility index (Phi) is 8.20. The number of rotatable bonds is 9. The van der Waals surface area contributed by atoms with E-state index in [0.717, 1.165) is 6.42 Å². The molecule has 3 aromatic rings. The smallest absolute Gasteiger partial charge is 0.270 e. The molecule has 3 aromatic carbocycles. The molecule has 1 heterocycles. The molecule has 0 aliphatic carbocycles. The molecule has 0 aromatic heterocycles. The van der Waals surface area contributed by atoms with Gasteiger partial charge in [-0.25, -0.2) is 0 Å². The van der Waals surface area contributed by atoms with Crippen LogP contribution in [0.2, 0.25) is 0 Å². The molecular formula is C29H28N2O5S. The highest BCUT2D eigenvalue weighted by Gasteiger charge is 2.34. The van der Waals surface area contributed by atoms with E-state index in [-0.39, 0.29) is 10.7 Å². The first-order valence-electron chi connectivity index (χ1n) is 11.9. The number of ether oxygens (including phenoxy) is 3. The second-order valence-corrected chi connectivity index (χ2v) is 9.19. The number of nitrogens with one attached hydrogen (secondary N) is 1. The first-order chi connectivity index (χ1) is 17.9. The van der Waals surface area contributed by atoms with Crippen LogP contribution in [0.25, 0.3) is 6.08 Å². The van der Waals surface area contributed by atoms with Gasteiger partial charge < -0.3 is 14.2 Å². The number of anilines is 1. The second kappa shape index (κ2) is 11.7. The average Bonchev–Trinajstić information content (AvgIpc) is 2.88. The zero-order chi connectivity index (χ0) is 26.4. The zero-order valence-electron chi connectivity index (χ0n) is 20.9. The molecule has 8 heteroatoms. The summed E-state index contributed by atoms with van der Waals surface area (Å²) in [5.41, 5.74) is 1.08. The van der Waals surface area contributed by atoms with Gasteiger partial charge in [0.15, 0.2) is 16.6 Å². The van der Waals surface area contributed by atoms with Gasteiger partial charge in [0.1, 0.15) is 17.1 Å². The van der Waals surface area contributed by atoms with Crippen molar-refractivity contribution < 1.29 is 23.8 Å². The Balaban J connectivity index is 1.54. The van der Waals surface area contributed by atoms with Gasteiger partial charge in [-0.15, -0.1) is 0 Å². The van der Waals surface area contributed by atoms with E-state index in [0.29, 0.717) is 46.8 Å². The average molecular weight is 517 g/mol. The van der Waals surface area contributed by atoms with Crippen LogP contribution in [0.3, 0.4) is 0 Å². The highest BCUT2D eigenvalue weighted by Crippen LogP contribution is 2.31. The molecule has 1 aliphatic rings. The monoisotopic (exact) mass is 516 g/mol. The van der Waals surface area contributed by atoms with Crippen LogP contribution >= 0.6 is 12.2 Å². The molecule has 0 atom stereocenters. The van der Waals surface area contributed by atoms with E-state index in [1.807, 2.05) is 30.3 Å². The number of benzene rings is 3. The van der Waals surface area contributed by atoms with Gasteiger partial charge in [-0.2, -0.15) is 0 Å². The number of nitrogens with zero attached hydrogens (tertiary/aromatic N) is 1. The molecule has 2 amide bonds. The standard InChI is InChI=1S/C29H28N2O5S/c1-19(2)15-16-35-25-14-9-20(18-26(25)34-3)17-24-27(32)30-29(37)31(28(24)33)21-10-12-23(13-11-21)36-22-7-5-4-6-8-22/h4-14,17-19H,15-16H2,1-3H3,(H,30,32,37). The van der Waals surface area contributed by atoms with Gasteiger partial charge in [-0.1, -0.05) is 38.1 Å². The Morgan fingerprint density at radius 1 is 0.946 bits per heavy atom. The summed E-state index contributed by atoms with van der Waals surface area (Å²) in [7, 11) is 1.55. The van der Waals surface area contributed by atoms with Crippen molar-refractivity contribution in [1.29, 1.82) is 0 Å². The molecule has 1 saturated heterocycles. The first-order valence-corrected chi connectivity index (χ1v) is 12.3. The molecule has 37 heavy (non-hydrogen) atoms. The van der Waals surface area contributed by atoms with E-state index in [4.69, 9.17) is 26.4 Å². The summed E-state index contributed by atoms with van der Waals surface area (Å²) < 4.78 is 17.1. The lowest BCUT2D eigenvalue weighted by Crippen LogP contribution is -2.54. The minimum absolute atomic E-state index is 0.00959. The number of amides is 2. The zero-order valence-corrected chi connectivity index (χ0v) is 21.7. The van der Waals surface area contributed by atoms with Crippen molar-refractivity contribution in [2.75, 3.05) is 18.6 Å². The van der Waals surface area contributed by atoms with Gasteiger partial charge in [0.2, 0.25) is 0 Å². The summed E-state index contributed by atoms with van der Waals surface area (Å²) in [6.07, 6.45) is 2.43. The van der Waals surface area contributed by atoms with Crippen LogP contribution in [0.5, 0.6) is 23.0 Å². The molecule has 0 spiro atoms. The molecule has 0 saturated carbocycles. The maximum absolute atomic E-state index is 13.4. The van der Waals surface area contributed by atoms with E-state index in [1.165, 1.54) is 11.0 Å². The normalized spacial score (nSPS) is 14.6. The quantitative estimate of drug-likeness (QED) is 0.222. The molecule has 0 bridgehead atoms. The van der Waals surface area contributed by atoms with Crippen molar-refractivity contribution in [2.45, 2.75) is 20.3 Å². The van der Waals surface area contributed by atoms with Crippen LogP contribution in [0.1, 0.15) is 25.8 Å². The number of para-hydroxylation sites is 1. The van der Waals surface area contributed by atoms with E-state index in [9.17, 15) is 9.59 Å². The van der Waals surface area contributed by atoms with Crippen LogP contribution in [0.15, 0.2) is 78.4 Å².